The van der Waals surface area contributed by atoms with Crippen LogP contribution in [0.3, 0.4) is 0 Å². The van der Waals surface area contributed by atoms with Crippen LogP contribution in [0.2, 0.25) is 0 Å². The van der Waals surface area contributed by atoms with Crippen LogP contribution in [-0.4, -0.2) is 4.57 Å². The Bertz CT molecular complexity index is 3160. The third kappa shape index (κ3) is 5.05. The van der Waals surface area contributed by atoms with E-state index in [1.807, 2.05) is 12.1 Å². The Balaban J connectivity index is 1.03. The lowest BCUT2D eigenvalue weighted by Crippen LogP contribution is -2.10. The van der Waals surface area contributed by atoms with Crippen molar-refractivity contribution < 1.29 is 4.42 Å². The van der Waals surface area contributed by atoms with Crippen molar-refractivity contribution in [3.05, 3.63) is 206 Å². The van der Waals surface area contributed by atoms with Gasteiger partial charge in [0.25, 0.3) is 0 Å². The van der Waals surface area contributed by atoms with Gasteiger partial charge < -0.3 is 13.9 Å². The molecule has 2 aromatic heterocycles. The summed E-state index contributed by atoms with van der Waals surface area (Å²) < 4.78 is 9.02. The molecule has 11 rings (SSSR count). The lowest BCUT2D eigenvalue weighted by Gasteiger charge is -2.27. The minimum Gasteiger partial charge on any atom is -0.454 e. The second-order valence-corrected chi connectivity index (χ2v) is 14.1. The molecule has 0 aliphatic carbocycles. The van der Waals surface area contributed by atoms with Gasteiger partial charge in [0.2, 0.25) is 0 Å². The Morgan fingerprint density at radius 1 is 0.382 bits per heavy atom. The van der Waals surface area contributed by atoms with Gasteiger partial charge in [-0.25, -0.2) is 0 Å². The van der Waals surface area contributed by atoms with E-state index in [2.05, 4.69) is 204 Å². The highest BCUT2D eigenvalue weighted by molar-refractivity contribution is 6.12. The standard InChI is InChI=1S/C52H34N2O/c1-2-18-40-36(14-1)15-12-27-46(40)53(50-28-13-23-45-44-22-6-10-29-51(44)55-52(45)50)39-32-30-35(31-33-39)37-16-11-17-38(34-37)41-19-3-7-24-47(41)54-48-25-8-4-20-42(48)43-21-5-9-26-49(43)54/h1-34H. The minimum absolute atomic E-state index is 0.871. The zero-order chi connectivity index (χ0) is 36.3. The second-order valence-electron chi connectivity index (χ2n) is 14.1. The molecular formula is C52H34N2O. The number of fused-ring (bicyclic) bond motifs is 7. The maximum absolute atomic E-state index is 6.61. The van der Waals surface area contributed by atoms with Crippen LogP contribution in [0.25, 0.3) is 82.5 Å². The molecule has 3 nitrogen and oxygen atoms in total. The van der Waals surface area contributed by atoms with Gasteiger partial charge in [-0.2, -0.15) is 0 Å². The SMILES string of the molecule is c1cc(-c2ccc(N(c3cccc4ccccc34)c3cccc4c3oc3ccccc34)cc2)cc(-c2ccccc2-n2c3ccccc3c3ccccc32)c1. The molecule has 0 amide bonds. The summed E-state index contributed by atoms with van der Waals surface area (Å²) in [5.74, 6) is 0. The number of aromatic nitrogens is 1. The molecule has 0 atom stereocenters. The molecule has 9 aromatic carbocycles. The van der Waals surface area contributed by atoms with Crippen LogP contribution in [0.4, 0.5) is 17.1 Å². The summed E-state index contributed by atoms with van der Waals surface area (Å²) in [6.45, 7) is 0. The Hall–Kier alpha value is -7.36. The van der Waals surface area contributed by atoms with Gasteiger partial charge in [-0.05, 0) is 76.7 Å². The van der Waals surface area contributed by atoms with Crippen LogP contribution in [-0.2, 0) is 0 Å². The molecule has 0 saturated heterocycles. The third-order valence-corrected chi connectivity index (χ3v) is 11.0. The number of anilines is 3. The average Bonchev–Trinajstić information content (AvgIpc) is 3.81. The van der Waals surface area contributed by atoms with Gasteiger partial charge in [-0.3, -0.25) is 0 Å². The molecule has 0 fully saturated rings. The fourth-order valence-corrected chi connectivity index (χ4v) is 8.48. The van der Waals surface area contributed by atoms with Crippen molar-refractivity contribution in [1.29, 1.82) is 0 Å². The van der Waals surface area contributed by atoms with Gasteiger partial charge in [0, 0.05) is 38.2 Å². The van der Waals surface area contributed by atoms with Crippen molar-refractivity contribution >= 4 is 71.6 Å². The normalized spacial score (nSPS) is 11.6. The van der Waals surface area contributed by atoms with Gasteiger partial charge in [-0.1, -0.05) is 152 Å². The molecule has 0 aliphatic rings. The largest absolute Gasteiger partial charge is 0.454 e. The molecule has 3 heteroatoms. The van der Waals surface area contributed by atoms with E-state index in [9.17, 15) is 0 Å². The molecule has 0 saturated carbocycles. The molecule has 0 radical (unpaired) electrons. The summed E-state index contributed by atoms with van der Waals surface area (Å²) in [6.07, 6.45) is 0. The Morgan fingerprint density at radius 2 is 0.964 bits per heavy atom. The van der Waals surface area contributed by atoms with E-state index < -0.39 is 0 Å². The van der Waals surface area contributed by atoms with Crippen molar-refractivity contribution in [3.63, 3.8) is 0 Å². The van der Waals surface area contributed by atoms with Crippen LogP contribution in [0.15, 0.2) is 211 Å². The molecule has 0 N–H and O–H groups in total. The van der Waals surface area contributed by atoms with E-state index in [4.69, 9.17) is 4.42 Å². The number of hydrogen-bond acceptors (Lipinski definition) is 2. The number of furan rings is 1. The van der Waals surface area contributed by atoms with Crippen molar-refractivity contribution in [2.45, 2.75) is 0 Å². The van der Waals surface area contributed by atoms with Gasteiger partial charge in [0.05, 0.1) is 28.1 Å². The minimum atomic E-state index is 0.871. The van der Waals surface area contributed by atoms with Crippen molar-refractivity contribution in [2.75, 3.05) is 4.90 Å². The van der Waals surface area contributed by atoms with Crippen molar-refractivity contribution in [1.82, 2.24) is 4.57 Å². The summed E-state index contributed by atoms with van der Waals surface area (Å²) in [5.41, 5.74) is 13.2. The maximum Gasteiger partial charge on any atom is 0.159 e. The van der Waals surface area contributed by atoms with Crippen molar-refractivity contribution in [3.8, 4) is 27.9 Å². The highest BCUT2D eigenvalue weighted by atomic mass is 16.3. The van der Waals surface area contributed by atoms with Gasteiger partial charge >= 0.3 is 0 Å². The first kappa shape index (κ1) is 31.2. The number of nitrogens with zero attached hydrogens (tertiary/aromatic N) is 2. The fourth-order valence-electron chi connectivity index (χ4n) is 8.48. The van der Waals surface area contributed by atoms with E-state index in [1.54, 1.807) is 0 Å². The van der Waals surface area contributed by atoms with Gasteiger partial charge in [-0.15, -0.1) is 0 Å². The van der Waals surface area contributed by atoms with E-state index in [-0.39, 0.29) is 0 Å². The molecule has 0 bridgehead atoms. The summed E-state index contributed by atoms with van der Waals surface area (Å²) in [4.78, 5) is 2.34. The van der Waals surface area contributed by atoms with Crippen LogP contribution in [0.1, 0.15) is 0 Å². The molecule has 0 unspecified atom stereocenters. The lowest BCUT2D eigenvalue weighted by molar-refractivity contribution is 0.669. The Kier molecular flexibility index (Phi) is 7.17. The predicted octanol–water partition coefficient (Wildman–Crippen LogP) is 14.6. The highest BCUT2D eigenvalue weighted by Gasteiger charge is 2.21. The van der Waals surface area contributed by atoms with Crippen LogP contribution >= 0.6 is 0 Å². The molecule has 55 heavy (non-hydrogen) atoms. The first-order valence-corrected chi connectivity index (χ1v) is 18.8. The molecule has 258 valence electrons. The van der Waals surface area contributed by atoms with Gasteiger partial charge in [0.15, 0.2) is 5.58 Å². The molecular weight excluding hydrogens is 669 g/mol. The number of benzene rings is 9. The predicted molar refractivity (Wildman–Crippen MR) is 231 cm³/mol. The number of para-hydroxylation sites is 5. The van der Waals surface area contributed by atoms with Crippen LogP contribution < -0.4 is 4.90 Å². The van der Waals surface area contributed by atoms with Gasteiger partial charge in [0.1, 0.15) is 5.58 Å². The maximum atomic E-state index is 6.61. The molecule has 11 aromatic rings. The lowest BCUT2D eigenvalue weighted by atomic mass is 9.97. The first-order valence-electron chi connectivity index (χ1n) is 18.8. The summed E-state index contributed by atoms with van der Waals surface area (Å²) in [7, 11) is 0. The number of hydrogen-bond donors (Lipinski definition) is 0. The summed E-state index contributed by atoms with van der Waals surface area (Å²) in [5, 5.41) is 7.11. The van der Waals surface area contributed by atoms with Crippen LogP contribution in [0, 0.1) is 0 Å². The fraction of sp³-hybridized carbons (Fsp3) is 0. The first-order chi connectivity index (χ1) is 27.3. The smallest absolute Gasteiger partial charge is 0.159 e. The average molecular weight is 703 g/mol. The van der Waals surface area contributed by atoms with E-state index in [1.165, 1.54) is 43.7 Å². The summed E-state index contributed by atoms with van der Waals surface area (Å²) >= 11 is 0. The zero-order valence-electron chi connectivity index (χ0n) is 29.9. The van der Waals surface area contributed by atoms with E-state index in [0.717, 1.165) is 55.8 Å². The highest BCUT2D eigenvalue weighted by Crippen LogP contribution is 2.45. The summed E-state index contributed by atoms with van der Waals surface area (Å²) in [6, 6.07) is 73.9. The third-order valence-electron chi connectivity index (χ3n) is 11.0. The number of rotatable bonds is 6. The monoisotopic (exact) mass is 702 g/mol. The second kappa shape index (κ2) is 12.6. The Labute approximate surface area is 318 Å². The zero-order valence-corrected chi connectivity index (χ0v) is 29.9. The van der Waals surface area contributed by atoms with E-state index in [0.29, 0.717) is 0 Å². The van der Waals surface area contributed by atoms with Crippen LogP contribution in [0.5, 0.6) is 0 Å². The molecule has 0 spiro atoms. The topological polar surface area (TPSA) is 21.3 Å². The molecule has 0 aliphatic heterocycles. The van der Waals surface area contributed by atoms with Crippen molar-refractivity contribution in [2.24, 2.45) is 0 Å². The quantitative estimate of drug-likeness (QED) is 0.172. The van der Waals surface area contributed by atoms with E-state index >= 15 is 0 Å². The Morgan fingerprint density at radius 3 is 1.78 bits per heavy atom. The molecule has 2 heterocycles.